The lowest BCUT2D eigenvalue weighted by atomic mass is 9.86. The number of carboxylic acid groups (broad SMARTS) is 1. The zero-order chi connectivity index (χ0) is 14.8. The second-order valence-corrected chi connectivity index (χ2v) is 6.11. The number of pyridine rings is 1. The monoisotopic (exact) mass is 339 g/mol. The maximum Gasteiger partial charge on any atom is 0.303 e. The maximum atomic E-state index is 10.8. The molecular weight excluding hydrogens is 326 g/mol. The fraction of sp³-hybridized carbons (Fsp3) is 0.385. The molecule has 0 amide bonds. The number of aliphatic carboxylic acids is 1. The summed E-state index contributed by atoms with van der Waals surface area (Å²) in [7, 11) is 0. The van der Waals surface area contributed by atoms with Crippen molar-refractivity contribution in [3.8, 4) is 11.5 Å². The third-order valence-electron chi connectivity index (χ3n) is 2.70. The largest absolute Gasteiger partial charge is 0.481 e. The van der Waals surface area contributed by atoms with E-state index >= 15 is 0 Å². The van der Waals surface area contributed by atoms with Gasteiger partial charge in [-0.25, -0.2) is 0 Å². The minimum atomic E-state index is -0.845. The Morgan fingerprint density at radius 2 is 2.25 bits per heavy atom. The molecule has 0 unspecified atom stereocenters. The van der Waals surface area contributed by atoms with Gasteiger partial charge in [-0.15, -0.1) is 0 Å². The van der Waals surface area contributed by atoms with Gasteiger partial charge in [0.2, 0.25) is 11.7 Å². The minimum Gasteiger partial charge on any atom is -0.481 e. The predicted octanol–water partition coefficient (Wildman–Crippen LogP) is 2.94. The summed E-state index contributed by atoms with van der Waals surface area (Å²) in [4.78, 5) is 19.2. The van der Waals surface area contributed by atoms with E-state index in [9.17, 15) is 4.79 Å². The Kier molecular flexibility index (Phi) is 4.17. The molecule has 0 saturated heterocycles. The Hall–Kier alpha value is -1.76. The third kappa shape index (κ3) is 3.63. The standard InChI is InChI=1S/C13H14BrN3O3/c1-13(2,7-10(18)19)6-9-16-12(17-20-9)11-8(14)4-3-5-15-11/h3-5H,6-7H2,1-2H3,(H,18,19). The first-order valence-corrected chi connectivity index (χ1v) is 6.82. The molecule has 2 aromatic rings. The van der Waals surface area contributed by atoms with E-state index in [1.165, 1.54) is 0 Å². The lowest BCUT2D eigenvalue weighted by Crippen LogP contribution is -2.19. The average Bonchev–Trinajstić information content (AvgIpc) is 2.75. The topological polar surface area (TPSA) is 89.1 Å². The van der Waals surface area contributed by atoms with E-state index in [1.54, 1.807) is 12.3 Å². The first kappa shape index (κ1) is 14.6. The summed E-state index contributed by atoms with van der Waals surface area (Å²) in [6.07, 6.45) is 2.08. The fourth-order valence-corrected chi connectivity index (χ4v) is 2.29. The number of carboxylic acids is 1. The van der Waals surface area contributed by atoms with Crippen molar-refractivity contribution in [3.05, 3.63) is 28.7 Å². The molecule has 0 fully saturated rings. The smallest absolute Gasteiger partial charge is 0.303 e. The van der Waals surface area contributed by atoms with Gasteiger partial charge in [0.05, 0.1) is 6.42 Å². The van der Waals surface area contributed by atoms with Gasteiger partial charge < -0.3 is 9.63 Å². The van der Waals surface area contributed by atoms with Crippen LogP contribution in [0.5, 0.6) is 0 Å². The molecule has 0 aromatic carbocycles. The molecule has 0 bridgehead atoms. The first-order valence-electron chi connectivity index (χ1n) is 6.03. The molecule has 0 saturated carbocycles. The summed E-state index contributed by atoms with van der Waals surface area (Å²) in [5.74, 6) is -0.0513. The van der Waals surface area contributed by atoms with Crippen molar-refractivity contribution in [2.24, 2.45) is 5.41 Å². The van der Waals surface area contributed by atoms with Gasteiger partial charge >= 0.3 is 5.97 Å². The number of halogens is 1. The highest BCUT2D eigenvalue weighted by atomic mass is 79.9. The van der Waals surface area contributed by atoms with Gasteiger partial charge in [0.1, 0.15) is 5.69 Å². The van der Waals surface area contributed by atoms with Crippen LogP contribution < -0.4 is 0 Å². The highest BCUT2D eigenvalue weighted by Crippen LogP contribution is 2.27. The van der Waals surface area contributed by atoms with Crippen molar-refractivity contribution in [1.29, 1.82) is 0 Å². The minimum absolute atomic E-state index is 0.0397. The number of nitrogens with zero attached hydrogens (tertiary/aromatic N) is 3. The second-order valence-electron chi connectivity index (χ2n) is 5.26. The predicted molar refractivity (Wildman–Crippen MR) is 75.0 cm³/mol. The number of aromatic nitrogens is 3. The van der Waals surface area contributed by atoms with E-state index < -0.39 is 11.4 Å². The Morgan fingerprint density at radius 1 is 1.50 bits per heavy atom. The van der Waals surface area contributed by atoms with Crippen LogP contribution >= 0.6 is 15.9 Å². The van der Waals surface area contributed by atoms with E-state index in [4.69, 9.17) is 9.63 Å². The summed E-state index contributed by atoms with van der Waals surface area (Å²) in [6, 6.07) is 3.64. The van der Waals surface area contributed by atoms with Crippen LogP contribution in [0.25, 0.3) is 11.5 Å². The number of hydrogen-bond acceptors (Lipinski definition) is 5. The highest BCUT2D eigenvalue weighted by Gasteiger charge is 2.25. The van der Waals surface area contributed by atoms with Crippen molar-refractivity contribution in [2.75, 3.05) is 0 Å². The van der Waals surface area contributed by atoms with E-state index in [0.717, 1.165) is 4.47 Å². The van der Waals surface area contributed by atoms with Gasteiger partial charge in [-0.2, -0.15) is 4.98 Å². The van der Waals surface area contributed by atoms with Crippen LogP contribution in [0, 0.1) is 5.41 Å². The summed E-state index contributed by atoms with van der Waals surface area (Å²) < 4.78 is 5.95. The lowest BCUT2D eigenvalue weighted by molar-refractivity contribution is -0.139. The molecule has 7 heteroatoms. The normalized spacial score (nSPS) is 11.6. The molecule has 106 valence electrons. The van der Waals surface area contributed by atoms with Crippen molar-refractivity contribution in [3.63, 3.8) is 0 Å². The van der Waals surface area contributed by atoms with Crippen molar-refractivity contribution in [2.45, 2.75) is 26.7 Å². The van der Waals surface area contributed by atoms with Crippen LogP contribution in [-0.2, 0) is 11.2 Å². The molecular formula is C13H14BrN3O3. The molecule has 2 rings (SSSR count). The molecule has 0 radical (unpaired) electrons. The summed E-state index contributed by atoms with van der Waals surface area (Å²) in [5.41, 5.74) is 0.148. The van der Waals surface area contributed by atoms with Crippen molar-refractivity contribution < 1.29 is 14.4 Å². The van der Waals surface area contributed by atoms with Gasteiger partial charge in [0, 0.05) is 17.1 Å². The zero-order valence-electron chi connectivity index (χ0n) is 11.1. The van der Waals surface area contributed by atoms with Crippen LogP contribution in [0.3, 0.4) is 0 Å². The maximum absolute atomic E-state index is 10.8. The molecule has 20 heavy (non-hydrogen) atoms. The van der Waals surface area contributed by atoms with E-state index in [-0.39, 0.29) is 6.42 Å². The van der Waals surface area contributed by atoms with Crippen LogP contribution in [0.4, 0.5) is 0 Å². The first-order chi connectivity index (χ1) is 9.37. The molecule has 6 nitrogen and oxygen atoms in total. The fourth-order valence-electron chi connectivity index (χ4n) is 1.85. The highest BCUT2D eigenvalue weighted by molar-refractivity contribution is 9.10. The number of rotatable bonds is 5. The molecule has 0 aliphatic carbocycles. The summed E-state index contributed by atoms with van der Waals surface area (Å²) >= 11 is 3.37. The van der Waals surface area contributed by atoms with Crippen molar-refractivity contribution >= 4 is 21.9 Å². The van der Waals surface area contributed by atoms with E-state index in [1.807, 2.05) is 19.9 Å². The molecule has 0 atom stereocenters. The zero-order valence-corrected chi connectivity index (χ0v) is 12.7. The number of hydrogen-bond donors (Lipinski definition) is 1. The molecule has 0 aliphatic rings. The average molecular weight is 340 g/mol. The molecule has 2 aromatic heterocycles. The van der Waals surface area contributed by atoms with Gasteiger partial charge in [-0.1, -0.05) is 19.0 Å². The van der Waals surface area contributed by atoms with Crippen LogP contribution in [0.1, 0.15) is 26.2 Å². The summed E-state index contributed by atoms with van der Waals surface area (Å²) in [6.45, 7) is 3.70. The van der Waals surface area contributed by atoms with E-state index in [2.05, 4.69) is 31.1 Å². The van der Waals surface area contributed by atoms with Gasteiger partial charge in [0.25, 0.3) is 0 Å². The van der Waals surface area contributed by atoms with Gasteiger partial charge in [0.15, 0.2) is 0 Å². The molecule has 2 heterocycles. The van der Waals surface area contributed by atoms with Crippen molar-refractivity contribution in [1.82, 2.24) is 15.1 Å². The number of carbonyl (C=O) groups is 1. The molecule has 1 N–H and O–H groups in total. The Morgan fingerprint density at radius 3 is 2.90 bits per heavy atom. The Balaban J connectivity index is 2.18. The Bertz CT molecular complexity index is 625. The lowest BCUT2D eigenvalue weighted by Gasteiger charge is -2.19. The van der Waals surface area contributed by atoms with Gasteiger partial charge in [-0.05, 0) is 33.5 Å². The molecule has 0 aliphatic heterocycles. The summed E-state index contributed by atoms with van der Waals surface area (Å²) in [5, 5.41) is 12.7. The second kappa shape index (κ2) is 5.70. The van der Waals surface area contributed by atoms with Crippen LogP contribution in [-0.4, -0.2) is 26.2 Å². The third-order valence-corrected chi connectivity index (χ3v) is 3.34. The SMILES string of the molecule is CC(C)(CC(=O)O)Cc1nc(-c2ncccc2Br)no1. The Labute approximate surface area is 124 Å². The van der Waals surface area contributed by atoms with Crippen LogP contribution in [0.15, 0.2) is 27.3 Å². The van der Waals surface area contributed by atoms with E-state index in [0.29, 0.717) is 23.8 Å². The van der Waals surface area contributed by atoms with Gasteiger partial charge in [-0.3, -0.25) is 9.78 Å². The molecule has 0 spiro atoms. The quantitative estimate of drug-likeness (QED) is 0.900. The van der Waals surface area contributed by atoms with Crippen LogP contribution in [0.2, 0.25) is 0 Å².